The van der Waals surface area contributed by atoms with Crippen LogP contribution in [0.5, 0.6) is 0 Å². The van der Waals surface area contributed by atoms with Crippen LogP contribution in [0.25, 0.3) is 0 Å². The number of benzene rings is 2. The molecule has 27 heavy (non-hydrogen) atoms. The molecule has 1 aliphatic heterocycles. The molecule has 4 nitrogen and oxygen atoms in total. The fourth-order valence-corrected chi connectivity index (χ4v) is 3.23. The van der Waals surface area contributed by atoms with E-state index in [2.05, 4.69) is 44.8 Å². The van der Waals surface area contributed by atoms with Crippen LogP contribution in [0.3, 0.4) is 0 Å². The van der Waals surface area contributed by atoms with E-state index < -0.39 is 11.6 Å². The highest BCUT2D eigenvalue weighted by Gasteiger charge is 2.11. The lowest BCUT2D eigenvalue weighted by Gasteiger charge is -2.15. The Morgan fingerprint density at radius 1 is 0.963 bits per heavy atom. The van der Waals surface area contributed by atoms with Gasteiger partial charge in [-0.25, -0.2) is 8.78 Å². The van der Waals surface area contributed by atoms with Crippen molar-refractivity contribution in [3.8, 4) is 0 Å². The lowest BCUT2D eigenvalue weighted by Crippen LogP contribution is -2.36. The SMILES string of the molecule is CN=C(NCc1ccc(CN2CCCC2)cc1)NCc1cc(F)ccc1F. The van der Waals surface area contributed by atoms with Gasteiger partial charge in [-0.1, -0.05) is 24.3 Å². The normalized spacial score (nSPS) is 15.1. The minimum atomic E-state index is -0.454. The number of aliphatic imine (C=N–C) groups is 1. The van der Waals surface area contributed by atoms with Crippen molar-refractivity contribution in [2.75, 3.05) is 20.1 Å². The average molecular weight is 372 g/mol. The third-order valence-corrected chi connectivity index (χ3v) is 4.77. The molecule has 2 aromatic carbocycles. The number of likely N-dealkylation sites (tertiary alicyclic amines) is 1. The Morgan fingerprint density at radius 3 is 2.33 bits per heavy atom. The van der Waals surface area contributed by atoms with Crippen LogP contribution < -0.4 is 10.6 Å². The smallest absolute Gasteiger partial charge is 0.191 e. The molecule has 1 fully saturated rings. The minimum Gasteiger partial charge on any atom is -0.352 e. The molecule has 2 N–H and O–H groups in total. The van der Waals surface area contributed by atoms with Crippen molar-refractivity contribution in [2.24, 2.45) is 4.99 Å². The largest absolute Gasteiger partial charge is 0.352 e. The zero-order chi connectivity index (χ0) is 19.1. The Bertz CT molecular complexity index is 768. The van der Waals surface area contributed by atoms with Gasteiger partial charge in [0.2, 0.25) is 0 Å². The van der Waals surface area contributed by atoms with Gasteiger partial charge in [-0.05, 0) is 55.3 Å². The van der Waals surface area contributed by atoms with E-state index >= 15 is 0 Å². The second kappa shape index (κ2) is 9.46. The Hall–Kier alpha value is -2.47. The first kappa shape index (κ1) is 19.3. The second-order valence-electron chi connectivity index (χ2n) is 6.81. The number of nitrogens with one attached hydrogen (secondary N) is 2. The lowest BCUT2D eigenvalue weighted by molar-refractivity contribution is 0.331. The molecular formula is C21H26F2N4. The summed E-state index contributed by atoms with van der Waals surface area (Å²) in [6, 6.07) is 12.0. The summed E-state index contributed by atoms with van der Waals surface area (Å²) in [7, 11) is 1.65. The van der Waals surface area contributed by atoms with Gasteiger partial charge >= 0.3 is 0 Å². The Balaban J connectivity index is 1.48. The van der Waals surface area contributed by atoms with Crippen LogP contribution >= 0.6 is 0 Å². The number of hydrogen-bond acceptors (Lipinski definition) is 2. The van der Waals surface area contributed by atoms with Crippen LogP contribution in [0.4, 0.5) is 8.78 Å². The molecule has 0 amide bonds. The molecule has 0 aliphatic carbocycles. The monoisotopic (exact) mass is 372 g/mol. The van der Waals surface area contributed by atoms with Gasteiger partial charge in [-0.2, -0.15) is 0 Å². The lowest BCUT2D eigenvalue weighted by atomic mass is 10.1. The Kier molecular flexibility index (Phi) is 6.76. The fraction of sp³-hybridized carbons (Fsp3) is 0.381. The van der Waals surface area contributed by atoms with Gasteiger partial charge in [-0.3, -0.25) is 9.89 Å². The highest BCUT2D eigenvalue weighted by atomic mass is 19.1. The fourth-order valence-electron chi connectivity index (χ4n) is 3.23. The van der Waals surface area contributed by atoms with Gasteiger partial charge in [0.05, 0.1) is 0 Å². The van der Waals surface area contributed by atoms with Crippen molar-refractivity contribution in [1.82, 2.24) is 15.5 Å². The van der Waals surface area contributed by atoms with Gasteiger partial charge < -0.3 is 10.6 Å². The Morgan fingerprint density at radius 2 is 1.63 bits per heavy atom. The molecule has 0 radical (unpaired) electrons. The first-order valence-electron chi connectivity index (χ1n) is 9.32. The van der Waals surface area contributed by atoms with Crippen molar-refractivity contribution in [3.05, 3.63) is 70.8 Å². The van der Waals surface area contributed by atoms with Crippen LogP contribution in [-0.4, -0.2) is 31.0 Å². The predicted molar refractivity (Wildman–Crippen MR) is 104 cm³/mol. The van der Waals surface area contributed by atoms with E-state index in [9.17, 15) is 8.78 Å². The van der Waals surface area contributed by atoms with Crippen LogP contribution in [0.2, 0.25) is 0 Å². The molecule has 0 spiro atoms. The number of hydrogen-bond donors (Lipinski definition) is 2. The summed E-state index contributed by atoms with van der Waals surface area (Å²) in [5.74, 6) is -0.349. The highest BCUT2D eigenvalue weighted by Crippen LogP contribution is 2.13. The van der Waals surface area contributed by atoms with E-state index in [0.29, 0.717) is 12.5 Å². The molecule has 0 unspecified atom stereocenters. The Labute approximate surface area is 159 Å². The standard InChI is InChI=1S/C21H26F2N4/c1-24-21(26-14-18-12-19(22)8-9-20(18)23)25-13-16-4-6-17(7-5-16)15-27-10-2-3-11-27/h4-9,12H,2-3,10-11,13-15H2,1H3,(H2,24,25,26). The molecule has 6 heteroatoms. The molecule has 0 atom stereocenters. The molecule has 1 saturated heterocycles. The first-order chi connectivity index (χ1) is 13.1. The van der Waals surface area contributed by atoms with Gasteiger partial charge in [0.25, 0.3) is 0 Å². The van der Waals surface area contributed by atoms with Crippen LogP contribution in [0.15, 0.2) is 47.5 Å². The van der Waals surface area contributed by atoms with E-state index in [-0.39, 0.29) is 12.1 Å². The zero-order valence-electron chi connectivity index (χ0n) is 15.6. The van der Waals surface area contributed by atoms with Gasteiger partial charge in [-0.15, -0.1) is 0 Å². The van der Waals surface area contributed by atoms with Crippen molar-refractivity contribution >= 4 is 5.96 Å². The molecule has 144 valence electrons. The van der Waals surface area contributed by atoms with Gasteiger partial charge in [0, 0.05) is 32.2 Å². The maximum absolute atomic E-state index is 13.7. The molecule has 0 aromatic heterocycles. The maximum Gasteiger partial charge on any atom is 0.191 e. The predicted octanol–water partition coefficient (Wildman–Crippen LogP) is 3.43. The quantitative estimate of drug-likeness (QED) is 0.603. The first-order valence-corrected chi connectivity index (χ1v) is 9.32. The van der Waals surface area contributed by atoms with E-state index in [0.717, 1.165) is 24.2 Å². The third-order valence-electron chi connectivity index (χ3n) is 4.77. The molecule has 3 rings (SSSR count). The molecule has 2 aromatic rings. The summed E-state index contributed by atoms with van der Waals surface area (Å²) in [5, 5.41) is 6.20. The van der Waals surface area contributed by atoms with Crippen molar-refractivity contribution < 1.29 is 8.78 Å². The summed E-state index contributed by atoms with van der Waals surface area (Å²) in [6.45, 7) is 4.16. The second-order valence-corrected chi connectivity index (χ2v) is 6.81. The molecule has 1 heterocycles. The van der Waals surface area contributed by atoms with Crippen LogP contribution in [0.1, 0.15) is 29.5 Å². The molecular weight excluding hydrogens is 346 g/mol. The van der Waals surface area contributed by atoms with Crippen LogP contribution in [-0.2, 0) is 19.6 Å². The van der Waals surface area contributed by atoms with Gasteiger partial charge in [0.1, 0.15) is 11.6 Å². The number of rotatable bonds is 6. The number of halogens is 2. The van der Waals surface area contributed by atoms with E-state index in [1.54, 1.807) is 7.05 Å². The summed E-state index contributed by atoms with van der Waals surface area (Å²) in [6.07, 6.45) is 2.60. The van der Waals surface area contributed by atoms with Crippen molar-refractivity contribution in [2.45, 2.75) is 32.5 Å². The van der Waals surface area contributed by atoms with E-state index in [4.69, 9.17) is 0 Å². The van der Waals surface area contributed by atoms with E-state index in [1.165, 1.54) is 37.6 Å². The van der Waals surface area contributed by atoms with Crippen LogP contribution in [0, 0.1) is 11.6 Å². The van der Waals surface area contributed by atoms with Crippen molar-refractivity contribution in [1.29, 1.82) is 0 Å². The minimum absolute atomic E-state index is 0.165. The topological polar surface area (TPSA) is 39.7 Å². The summed E-state index contributed by atoms with van der Waals surface area (Å²) in [5.41, 5.74) is 2.73. The highest BCUT2D eigenvalue weighted by molar-refractivity contribution is 5.79. The van der Waals surface area contributed by atoms with Crippen molar-refractivity contribution in [3.63, 3.8) is 0 Å². The summed E-state index contributed by atoms with van der Waals surface area (Å²) in [4.78, 5) is 6.60. The van der Waals surface area contributed by atoms with E-state index in [1.807, 2.05) is 0 Å². The maximum atomic E-state index is 13.7. The average Bonchev–Trinajstić information content (AvgIpc) is 3.19. The third kappa shape index (κ3) is 5.76. The summed E-state index contributed by atoms with van der Waals surface area (Å²) < 4.78 is 26.9. The van der Waals surface area contributed by atoms with Gasteiger partial charge in [0.15, 0.2) is 5.96 Å². The molecule has 1 aliphatic rings. The zero-order valence-corrected chi connectivity index (χ0v) is 15.6. The molecule has 0 bridgehead atoms. The molecule has 0 saturated carbocycles. The summed E-state index contributed by atoms with van der Waals surface area (Å²) >= 11 is 0. The number of nitrogens with zero attached hydrogens (tertiary/aromatic N) is 2. The number of guanidine groups is 1.